The highest BCUT2D eigenvalue weighted by Crippen LogP contribution is 2.30. The van der Waals surface area contributed by atoms with E-state index in [1.165, 1.54) is 0 Å². The van der Waals surface area contributed by atoms with E-state index >= 15 is 0 Å². The summed E-state index contributed by atoms with van der Waals surface area (Å²) >= 11 is 0. The molecule has 22 heavy (non-hydrogen) atoms. The zero-order valence-corrected chi connectivity index (χ0v) is 13.7. The molecule has 3 heterocycles. The van der Waals surface area contributed by atoms with Crippen LogP contribution in [0.5, 0.6) is 0 Å². The van der Waals surface area contributed by atoms with Crippen LogP contribution >= 0.6 is 0 Å². The molecule has 0 bridgehead atoms. The van der Waals surface area contributed by atoms with E-state index in [0.717, 1.165) is 38.3 Å². The quantitative estimate of drug-likeness (QED) is 0.822. The zero-order chi connectivity index (χ0) is 15.7. The Kier molecular flexibility index (Phi) is 4.18. The number of nitrogens with zero attached hydrogens (tertiary/aromatic N) is 5. The maximum absolute atomic E-state index is 11.6. The number of carbonyl (C=O) groups excluding carboxylic acids is 1. The summed E-state index contributed by atoms with van der Waals surface area (Å²) < 4.78 is 8.00. The summed E-state index contributed by atoms with van der Waals surface area (Å²) in [5.41, 5.74) is -0.148. The van der Waals surface area contributed by atoms with Gasteiger partial charge >= 0.3 is 0 Å². The molecule has 7 heteroatoms. The average molecular weight is 307 g/mol. The van der Waals surface area contributed by atoms with Crippen molar-refractivity contribution in [1.29, 1.82) is 0 Å². The second kappa shape index (κ2) is 5.96. The van der Waals surface area contributed by atoms with Crippen LogP contribution in [0.2, 0.25) is 0 Å². The van der Waals surface area contributed by atoms with Gasteiger partial charge in [0.05, 0.1) is 12.1 Å². The van der Waals surface area contributed by atoms with Gasteiger partial charge in [-0.05, 0) is 26.7 Å². The van der Waals surface area contributed by atoms with Crippen molar-refractivity contribution in [3.05, 3.63) is 12.2 Å². The van der Waals surface area contributed by atoms with E-state index in [9.17, 15) is 4.79 Å². The van der Waals surface area contributed by atoms with Crippen molar-refractivity contribution in [3.63, 3.8) is 0 Å². The highest BCUT2D eigenvalue weighted by atomic mass is 16.5. The van der Waals surface area contributed by atoms with Gasteiger partial charge in [-0.3, -0.25) is 9.69 Å². The molecule has 0 atom stereocenters. The van der Waals surface area contributed by atoms with Gasteiger partial charge in [0.2, 0.25) is 5.91 Å². The van der Waals surface area contributed by atoms with E-state index in [1.54, 1.807) is 11.2 Å². The normalized spacial score (nSPS) is 22.7. The van der Waals surface area contributed by atoms with Crippen LogP contribution in [0.4, 0.5) is 0 Å². The van der Waals surface area contributed by atoms with E-state index in [1.807, 2.05) is 7.05 Å². The molecule has 1 aromatic heterocycles. The Morgan fingerprint density at radius 3 is 2.73 bits per heavy atom. The second-order valence-corrected chi connectivity index (χ2v) is 6.75. The fourth-order valence-corrected chi connectivity index (χ4v) is 3.32. The first-order valence-corrected chi connectivity index (χ1v) is 7.98. The summed E-state index contributed by atoms with van der Waals surface area (Å²) in [6.45, 7) is 7.96. The molecule has 2 fully saturated rings. The molecule has 1 spiro atoms. The van der Waals surface area contributed by atoms with Gasteiger partial charge in [-0.15, -0.1) is 10.2 Å². The number of amides is 1. The SMILES string of the molecule is CC(C)n1cnnc1CN1CCC2(CC1)CN(C)C(=O)CO2. The Morgan fingerprint density at radius 1 is 1.36 bits per heavy atom. The van der Waals surface area contributed by atoms with E-state index in [2.05, 4.69) is 33.5 Å². The van der Waals surface area contributed by atoms with Crippen LogP contribution in [0, 0.1) is 0 Å². The molecule has 2 aliphatic rings. The summed E-state index contributed by atoms with van der Waals surface area (Å²) in [5.74, 6) is 1.10. The lowest BCUT2D eigenvalue weighted by Gasteiger charge is -2.46. The van der Waals surface area contributed by atoms with Crippen molar-refractivity contribution < 1.29 is 9.53 Å². The Morgan fingerprint density at radius 2 is 2.09 bits per heavy atom. The molecule has 2 aliphatic heterocycles. The van der Waals surface area contributed by atoms with Crippen molar-refractivity contribution in [3.8, 4) is 0 Å². The number of rotatable bonds is 3. The third kappa shape index (κ3) is 3.01. The minimum atomic E-state index is -0.148. The van der Waals surface area contributed by atoms with E-state index in [4.69, 9.17) is 4.74 Å². The van der Waals surface area contributed by atoms with Crippen LogP contribution in [0.3, 0.4) is 0 Å². The van der Waals surface area contributed by atoms with E-state index in [-0.39, 0.29) is 18.1 Å². The largest absolute Gasteiger partial charge is 0.363 e. The maximum Gasteiger partial charge on any atom is 0.248 e. The predicted octanol–water partition coefficient (Wildman–Crippen LogP) is 0.682. The fourth-order valence-electron chi connectivity index (χ4n) is 3.32. The molecule has 0 aromatic carbocycles. The molecule has 0 N–H and O–H groups in total. The molecule has 0 unspecified atom stereocenters. The molecule has 1 aromatic rings. The molecule has 0 saturated carbocycles. The standard InChI is InChI=1S/C15H25N5O2/c1-12(2)20-11-16-17-13(20)8-19-6-4-15(5-7-19)10-18(3)14(21)9-22-15/h11-12H,4-10H2,1-3H3. The van der Waals surface area contributed by atoms with Crippen molar-refractivity contribution >= 4 is 5.91 Å². The van der Waals surface area contributed by atoms with Crippen molar-refractivity contribution in [2.75, 3.05) is 33.3 Å². The Labute approximate surface area is 131 Å². The lowest BCUT2D eigenvalue weighted by molar-refractivity contribution is -0.169. The molecule has 0 radical (unpaired) electrons. The zero-order valence-electron chi connectivity index (χ0n) is 13.7. The number of likely N-dealkylation sites (N-methyl/N-ethyl adjacent to an activating group) is 1. The summed E-state index contributed by atoms with van der Waals surface area (Å²) in [6, 6.07) is 0.377. The smallest absolute Gasteiger partial charge is 0.248 e. The first-order valence-electron chi connectivity index (χ1n) is 7.98. The van der Waals surface area contributed by atoms with Crippen LogP contribution in [0.15, 0.2) is 6.33 Å². The van der Waals surface area contributed by atoms with Gasteiger partial charge in [0, 0.05) is 32.7 Å². The lowest BCUT2D eigenvalue weighted by atomic mass is 9.89. The number of morpholine rings is 1. The first-order chi connectivity index (χ1) is 10.5. The molecule has 1 amide bonds. The topological polar surface area (TPSA) is 63.5 Å². The average Bonchev–Trinajstić information content (AvgIpc) is 2.94. The molecule has 2 saturated heterocycles. The van der Waals surface area contributed by atoms with Gasteiger partial charge in [-0.1, -0.05) is 0 Å². The van der Waals surface area contributed by atoms with Crippen molar-refractivity contribution in [2.45, 2.75) is 44.9 Å². The van der Waals surface area contributed by atoms with Crippen molar-refractivity contribution in [2.24, 2.45) is 0 Å². The summed E-state index contributed by atoms with van der Waals surface area (Å²) in [4.78, 5) is 15.8. The number of ether oxygens (including phenoxy) is 1. The summed E-state index contributed by atoms with van der Waals surface area (Å²) in [6.07, 6.45) is 3.72. The van der Waals surface area contributed by atoms with E-state index in [0.29, 0.717) is 12.6 Å². The number of carbonyl (C=O) groups is 1. The number of aromatic nitrogens is 3. The van der Waals surface area contributed by atoms with Gasteiger partial charge in [0.25, 0.3) is 0 Å². The molecular formula is C15H25N5O2. The monoisotopic (exact) mass is 307 g/mol. The third-order valence-corrected chi connectivity index (χ3v) is 4.79. The van der Waals surface area contributed by atoms with Gasteiger partial charge in [-0.2, -0.15) is 0 Å². The number of hydrogen-bond acceptors (Lipinski definition) is 5. The molecule has 3 rings (SSSR count). The lowest BCUT2D eigenvalue weighted by Crippen LogP contribution is -2.57. The van der Waals surface area contributed by atoms with Gasteiger partial charge in [0.1, 0.15) is 18.8 Å². The van der Waals surface area contributed by atoms with Gasteiger partial charge < -0.3 is 14.2 Å². The second-order valence-electron chi connectivity index (χ2n) is 6.75. The maximum atomic E-state index is 11.6. The Balaban J connectivity index is 1.58. The fraction of sp³-hybridized carbons (Fsp3) is 0.800. The van der Waals surface area contributed by atoms with Gasteiger partial charge in [0.15, 0.2) is 0 Å². The Hall–Kier alpha value is -1.47. The number of hydrogen-bond donors (Lipinski definition) is 0. The minimum absolute atomic E-state index is 0.0816. The predicted molar refractivity (Wildman–Crippen MR) is 81.2 cm³/mol. The van der Waals surface area contributed by atoms with Gasteiger partial charge in [-0.25, -0.2) is 0 Å². The first kappa shape index (κ1) is 15.4. The van der Waals surface area contributed by atoms with Crippen LogP contribution in [0.1, 0.15) is 38.6 Å². The van der Waals surface area contributed by atoms with Crippen LogP contribution in [-0.2, 0) is 16.1 Å². The highest BCUT2D eigenvalue weighted by Gasteiger charge is 2.41. The minimum Gasteiger partial charge on any atom is -0.363 e. The van der Waals surface area contributed by atoms with Crippen LogP contribution in [-0.4, -0.2) is 69.4 Å². The summed E-state index contributed by atoms with van der Waals surface area (Å²) in [7, 11) is 1.87. The molecule has 7 nitrogen and oxygen atoms in total. The highest BCUT2D eigenvalue weighted by molar-refractivity contribution is 5.78. The molecular weight excluding hydrogens is 282 g/mol. The molecule has 122 valence electrons. The number of piperidine rings is 1. The van der Waals surface area contributed by atoms with Crippen molar-refractivity contribution in [1.82, 2.24) is 24.6 Å². The third-order valence-electron chi connectivity index (χ3n) is 4.79. The molecule has 0 aliphatic carbocycles. The summed E-state index contributed by atoms with van der Waals surface area (Å²) in [5, 5.41) is 8.27. The Bertz CT molecular complexity index is 534. The van der Waals surface area contributed by atoms with Crippen LogP contribution < -0.4 is 0 Å². The van der Waals surface area contributed by atoms with E-state index < -0.39 is 0 Å². The van der Waals surface area contributed by atoms with Crippen LogP contribution in [0.25, 0.3) is 0 Å². The number of likely N-dealkylation sites (tertiary alicyclic amines) is 1.